The highest BCUT2D eigenvalue weighted by atomic mass is 15.2. The topological polar surface area (TPSA) is 39.7 Å². The Morgan fingerprint density at radius 2 is 1.25 bits per heavy atom. The van der Waals surface area contributed by atoms with Crippen LogP contribution in [0.3, 0.4) is 0 Å². The van der Waals surface area contributed by atoms with E-state index in [0.29, 0.717) is 5.92 Å². The number of allylic oxidation sites excluding steroid dienone is 3. The molecule has 7 aromatic carbocycles. The summed E-state index contributed by atoms with van der Waals surface area (Å²) in [5.74, 6) is 0.347. The molecule has 0 fully saturated rings. The predicted octanol–water partition coefficient (Wildman–Crippen LogP) is 12.3. The van der Waals surface area contributed by atoms with E-state index in [-0.39, 0.29) is 18.2 Å². The highest BCUT2D eigenvalue weighted by molar-refractivity contribution is 6.13. The lowest BCUT2D eigenvalue weighted by Crippen LogP contribution is -2.28. The van der Waals surface area contributed by atoms with Crippen molar-refractivity contribution in [2.45, 2.75) is 24.2 Å². The summed E-state index contributed by atoms with van der Waals surface area (Å²) in [5, 5.41) is 10.4. The van der Waals surface area contributed by atoms with Gasteiger partial charge in [-0.2, -0.15) is 0 Å². The number of fused-ring (bicyclic) bond motifs is 6. The van der Waals surface area contributed by atoms with Gasteiger partial charge in [0.15, 0.2) is 0 Å². The highest BCUT2D eigenvalue weighted by Crippen LogP contribution is 2.49. The summed E-state index contributed by atoms with van der Waals surface area (Å²) in [6.45, 7) is 0. The van der Waals surface area contributed by atoms with Gasteiger partial charge in [0, 0.05) is 34.1 Å². The second-order valence-corrected chi connectivity index (χ2v) is 15.2. The Hall–Kier alpha value is -7.17. The molecule has 0 spiro atoms. The predicted molar refractivity (Wildman–Crippen MR) is 237 cm³/mol. The van der Waals surface area contributed by atoms with E-state index in [0.717, 1.165) is 33.8 Å². The lowest BCUT2D eigenvalue weighted by Gasteiger charge is -2.33. The molecule has 0 bridgehead atoms. The fourth-order valence-corrected chi connectivity index (χ4v) is 9.17. The lowest BCUT2D eigenvalue weighted by molar-refractivity contribution is 0.664. The van der Waals surface area contributed by atoms with Crippen molar-refractivity contribution < 1.29 is 0 Å². The van der Waals surface area contributed by atoms with Crippen LogP contribution in [0.5, 0.6) is 0 Å². The van der Waals surface area contributed by atoms with Crippen molar-refractivity contribution in [3.63, 3.8) is 0 Å². The molecule has 0 saturated carbocycles. The summed E-state index contributed by atoms with van der Waals surface area (Å²) in [7, 11) is 0. The van der Waals surface area contributed by atoms with Crippen LogP contribution in [0, 0.1) is 0 Å². The molecule has 0 saturated heterocycles. The molecule has 3 aliphatic heterocycles. The number of nitrogens with zero attached hydrogens (tertiary/aromatic N) is 2. The van der Waals surface area contributed by atoms with Gasteiger partial charge in [0.05, 0.1) is 23.5 Å². The zero-order chi connectivity index (χ0) is 37.7. The molecule has 57 heavy (non-hydrogen) atoms. The highest BCUT2D eigenvalue weighted by Gasteiger charge is 2.37. The van der Waals surface area contributed by atoms with Gasteiger partial charge in [0.25, 0.3) is 0 Å². The van der Waals surface area contributed by atoms with E-state index < -0.39 is 0 Å². The maximum absolute atomic E-state index is 5.51. The smallest absolute Gasteiger partial charge is 0.147 e. The Morgan fingerprint density at radius 3 is 2.05 bits per heavy atom. The van der Waals surface area contributed by atoms with Crippen LogP contribution in [-0.2, 0) is 0 Å². The SMILES string of the molecule is C1=CC2c3ccccc3N(c3ccc(C4=CC(c5ccccc5)=NC(c5cc6ccccc6c6c5NC(c5ccccc5)C=C6c5ccccc5)N4)cc3)C2C=C1. The first kappa shape index (κ1) is 33.2. The Bertz CT molecular complexity index is 2800. The third-order valence-electron chi connectivity index (χ3n) is 11.8. The van der Waals surface area contributed by atoms with Gasteiger partial charge >= 0.3 is 0 Å². The van der Waals surface area contributed by atoms with Crippen LogP contribution in [0.15, 0.2) is 211 Å². The van der Waals surface area contributed by atoms with E-state index in [9.17, 15) is 0 Å². The number of hydrogen-bond acceptors (Lipinski definition) is 4. The van der Waals surface area contributed by atoms with Gasteiger partial charge in [-0.05, 0) is 80.6 Å². The molecule has 0 radical (unpaired) electrons. The molecule has 4 nitrogen and oxygen atoms in total. The molecule has 0 amide bonds. The Morgan fingerprint density at radius 1 is 0.561 bits per heavy atom. The third kappa shape index (κ3) is 5.80. The van der Waals surface area contributed by atoms with Crippen LogP contribution in [0.1, 0.15) is 57.1 Å². The molecule has 0 aromatic heterocycles. The van der Waals surface area contributed by atoms with Gasteiger partial charge in [-0.25, -0.2) is 0 Å². The second-order valence-electron chi connectivity index (χ2n) is 15.2. The minimum absolute atomic E-state index is 0.0256. The van der Waals surface area contributed by atoms with Crippen LogP contribution < -0.4 is 15.5 Å². The molecule has 272 valence electrons. The van der Waals surface area contributed by atoms with E-state index in [1.54, 1.807) is 0 Å². The summed E-state index contributed by atoms with van der Waals surface area (Å²) >= 11 is 0. The fourth-order valence-electron chi connectivity index (χ4n) is 9.17. The van der Waals surface area contributed by atoms with Crippen molar-refractivity contribution in [2.24, 2.45) is 4.99 Å². The largest absolute Gasteiger partial charge is 0.374 e. The Labute approximate surface area is 333 Å². The molecule has 7 aromatic rings. The van der Waals surface area contributed by atoms with Gasteiger partial charge in [0.2, 0.25) is 0 Å². The number of para-hydroxylation sites is 1. The number of hydrogen-bond donors (Lipinski definition) is 2. The van der Waals surface area contributed by atoms with Gasteiger partial charge in [-0.15, -0.1) is 0 Å². The molecule has 3 heterocycles. The molecule has 2 N–H and O–H groups in total. The van der Waals surface area contributed by atoms with Crippen LogP contribution >= 0.6 is 0 Å². The maximum atomic E-state index is 5.51. The summed E-state index contributed by atoms with van der Waals surface area (Å²) in [6.07, 6.45) is 13.3. The normalized spacial score (nSPS) is 20.4. The monoisotopic (exact) mass is 732 g/mol. The zero-order valence-corrected chi connectivity index (χ0v) is 31.3. The van der Waals surface area contributed by atoms with Gasteiger partial charge in [0.1, 0.15) is 6.17 Å². The lowest BCUT2D eigenvalue weighted by atomic mass is 9.84. The zero-order valence-electron chi connectivity index (χ0n) is 31.3. The molecule has 4 heteroatoms. The first-order valence-electron chi connectivity index (χ1n) is 19.9. The molecular formula is C53H40N4. The number of benzene rings is 7. The molecule has 4 aliphatic rings. The minimum atomic E-state index is -0.359. The summed E-state index contributed by atoms with van der Waals surface area (Å²) < 4.78 is 0. The van der Waals surface area contributed by atoms with Crippen LogP contribution in [0.25, 0.3) is 22.0 Å². The van der Waals surface area contributed by atoms with Gasteiger partial charge in [-0.1, -0.05) is 170 Å². The first-order chi connectivity index (χ1) is 28.3. The van der Waals surface area contributed by atoms with E-state index in [4.69, 9.17) is 4.99 Å². The number of nitrogens with one attached hydrogen (secondary N) is 2. The van der Waals surface area contributed by atoms with E-state index in [2.05, 4.69) is 222 Å². The first-order valence-corrected chi connectivity index (χ1v) is 19.9. The summed E-state index contributed by atoms with van der Waals surface area (Å²) in [6, 6.07) is 61.3. The average Bonchev–Trinajstić information content (AvgIpc) is 3.63. The quantitative estimate of drug-likeness (QED) is 0.179. The van der Waals surface area contributed by atoms with E-state index in [1.165, 1.54) is 50.0 Å². The summed E-state index contributed by atoms with van der Waals surface area (Å²) in [4.78, 5) is 7.99. The van der Waals surface area contributed by atoms with Crippen LogP contribution in [-0.4, -0.2) is 11.8 Å². The van der Waals surface area contributed by atoms with E-state index >= 15 is 0 Å². The molecule has 1 aliphatic carbocycles. The van der Waals surface area contributed by atoms with Gasteiger partial charge in [-0.3, -0.25) is 4.99 Å². The fraction of sp³-hybridized carbons (Fsp3) is 0.0755. The summed E-state index contributed by atoms with van der Waals surface area (Å²) in [5.41, 5.74) is 15.1. The standard InChI is InChI=1S/C53H40N4/c1-4-16-35(17-5-1)44-33-46(36-18-6-2-7-19-36)54-52-45(32-39-22-10-11-23-41(39)51(44)52)53-55-47(37-20-8-3-9-21-37)34-48(56-53)38-28-30-40(31-29-38)57-49-26-14-12-24-42(49)43-25-13-15-27-50(43)57/h1-34,42,46,49,53-54,56H. The van der Waals surface area contributed by atoms with Gasteiger partial charge < -0.3 is 15.5 Å². The molecule has 4 atom stereocenters. The van der Waals surface area contributed by atoms with Crippen molar-refractivity contribution in [1.82, 2.24) is 5.32 Å². The van der Waals surface area contributed by atoms with Crippen molar-refractivity contribution in [3.8, 4) is 0 Å². The Balaban J connectivity index is 1.04. The van der Waals surface area contributed by atoms with Crippen molar-refractivity contribution >= 4 is 44.8 Å². The third-order valence-corrected chi connectivity index (χ3v) is 11.8. The van der Waals surface area contributed by atoms with Crippen molar-refractivity contribution in [3.05, 3.63) is 245 Å². The maximum Gasteiger partial charge on any atom is 0.147 e. The molecular weight excluding hydrogens is 693 g/mol. The minimum Gasteiger partial charge on any atom is -0.374 e. The Kier molecular flexibility index (Phi) is 8.06. The van der Waals surface area contributed by atoms with E-state index in [1.807, 2.05) is 0 Å². The van der Waals surface area contributed by atoms with Crippen molar-refractivity contribution in [2.75, 3.05) is 10.2 Å². The number of aliphatic imine (C=N–C) groups is 1. The second kappa shape index (κ2) is 13.8. The number of anilines is 3. The van der Waals surface area contributed by atoms with Crippen LogP contribution in [0.4, 0.5) is 17.1 Å². The molecule has 4 unspecified atom stereocenters. The van der Waals surface area contributed by atoms with Crippen molar-refractivity contribution in [1.29, 1.82) is 0 Å². The molecule has 11 rings (SSSR count). The average molecular weight is 733 g/mol. The number of rotatable bonds is 6. The van der Waals surface area contributed by atoms with Crippen LogP contribution in [0.2, 0.25) is 0 Å².